The molecule has 1 aliphatic rings. The van der Waals surface area contributed by atoms with Crippen molar-refractivity contribution in [3.05, 3.63) is 35.4 Å². The molecular weight excluding hydrogens is 232 g/mol. The minimum atomic E-state index is -0.491. The largest absolute Gasteiger partial charge is 0.313 e. The van der Waals surface area contributed by atoms with Gasteiger partial charge in [-0.05, 0) is 49.4 Å². The van der Waals surface area contributed by atoms with Crippen LogP contribution in [-0.4, -0.2) is 7.05 Å². The van der Waals surface area contributed by atoms with Crippen LogP contribution in [0, 0.1) is 23.5 Å². The number of hydrogen-bond donors (Lipinski definition) is 1. The van der Waals surface area contributed by atoms with Crippen molar-refractivity contribution >= 4 is 0 Å². The standard InChI is InChI=1S/C15H21F2N/c1-10-3-5-11(6-4-10)15(18-2)12-7-13(16)9-14(17)8-12/h7-11,15,18H,3-6H2,1-2H3. The van der Waals surface area contributed by atoms with E-state index in [1.807, 2.05) is 7.05 Å². The van der Waals surface area contributed by atoms with E-state index >= 15 is 0 Å². The number of rotatable bonds is 3. The topological polar surface area (TPSA) is 12.0 Å². The maximum atomic E-state index is 13.3. The van der Waals surface area contributed by atoms with Crippen molar-refractivity contribution in [2.75, 3.05) is 7.05 Å². The molecule has 0 amide bonds. The van der Waals surface area contributed by atoms with Gasteiger partial charge in [-0.25, -0.2) is 8.78 Å². The third-order valence-electron chi connectivity index (χ3n) is 4.09. The first kappa shape index (κ1) is 13.5. The van der Waals surface area contributed by atoms with E-state index in [0.29, 0.717) is 5.92 Å². The first-order valence-corrected chi connectivity index (χ1v) is 6.73. The lowest BCUT2D eigenvalue weighted by molar-refractivity contribution is 0.237. The molecule has 0 aromatic heterocycles. The third-order valence-corrected chi connectivity index (χ3v) is 4.09. The van der Waals surface area contributed by atoms with Crippen molar-refractivity contribution < 1.29 is 8.78 Å². The molecule has 18 heavy (non-hydrogen) atoms. The molecule has 0 saturated heterocycles. The molecule has 1 N–H and O–H groups in total. The van der Waals surface area contributed by atoms with Crippen LogP contribution in [0.25, 0.3) is 0 Å². The van der Waals surface area contributed by atoms with Gasteiger partial charge >= 0.3 is 0 Å². The first-order chi connectivity index (χ1) is 8.60. The second-order valence-electron chi connectivity index (χ2n) is 5.49. The highest BCUT2D eigenvalue weighted by atomic mass is 19.1. The van der Waals surface area contributed by atoms with Crippen LogP contribution in [0.2, 0.25) is 0 Å². The molecular formula is C15H21F2N. The molecule has 0 bridgehead atoms. The van der Waals surface area contributed by atoms with Crippen molar-refractivity contribution in [1.29, 1.82) is 0 Å². The summed E-state index contributed by atoms with van der Waals surface area (Å²) in [5, 5.41) is 3.22. The molecule has 0 spiro atoms. The van der Waals surface area contributed by atoms with Crippen LogP contribution >= 0.6 is 0 Å². The monoisotopic (exact) mass is 253 g/mol. The maximum absolute atomic E-state index is 13.3. The fraction of sp³-hybridized carbons (Fsp3) is 0.600. The van der Waals surface area contributed by atoms with E-state index in [-0.39, 0.29) is 6.04 Å². The van der Waals surface area contributed by atoms with E-state index in [0.717, 1.165) is 30.4 Å². The van der Waals surface area contributed by atoms with Crippen molar-refractivity contribution in [2.24, 2.45) is 11.8 Å². The van der Waals surface area contributed by atoms with Crippen LogP contribution in [0.3, 0.4) is 0 Å². The molecule has 0 aliphatic heterocycles. The smallest absolute Gasteiger partial charge is 0.126 e. The lowest BCUT2D eigenvalue weighted by Crippen LogP contribution is -2.28. The Morgan fingerprint density at radius 1 is 1.06 bits per heavy atom. The molecule has 100 valence electrons. The first-order valence-electron chi connectivity index (χ1n) is 6.73. The number of benzene rings is 1. The molecule has 1 aliphatic carbocycles. The molecule has 0 heterocycles. The Morgan fingerprint density at radius 2 is 1.61 bits per heavy atom. The molecule has 1 unspecified atom stereocenters. The van der Waals surface area contributed by atoms with Gasteiger partial charge in [-0.2, -0.15) is 0 Å². The SMILES string of the molecule is CNC(c1cc(F)cc(F)c1)C1CCC(C)CC1. The van der Waals surface area contributed by atoms with E-state index in [4.69, 9.17) is 0 Å². The van der Waals surface area contributed by atoms with E-state index in [1.54, 1.807) is 0 Å². The van der Waals surface area contributed by atoms with Crippen molar-refractivity contribution in [1.82, 2.24) is 5.32 Å². The summed E-state index contributed by atoms with van der Waals surface area (Å²) in [6.07, 6.45) is 4.68. The van der Waals surface area contributed by atoms with E-state index in [2.05, 4.69) is 12.2 Å². The number of halogens is 2. The van der Waals surface area contributed by atoms with Crippen molar-refractivity contribution in [3.63, 3.8) is 0 Å². The Kier molecular flexibility index (Phi) is 4.33. The minimum absolute atomic E-state index is 0.0581. The molecule has 1 aromatic carbocycles. The van der Waals surface area contributed by atoms with Crippen LogP contribution in [0.4, 0.5) is 8.78 Å². The number of hydrogen-bond acceptors (Lipinski definition) is 1. The van der Waals surface area contributed by atoms with Crippen LogP contribution in [0.1, 0.15) is 44.2 Å². The predicted molar refractivity (Wildman–Crippen MR) is 69.3 cm³/mol. The predicted octanol–water partition coefficient (Wildman–Crippen LogP) is 4.05. The van der Waals surface area contributed by atoms with Gasteiger partial charge in [0, 0.05) is 12.1 Å². The lowest BCUT2D eigenvalue weighted by atomic mass is 9.77. The van der Waals surface area contributed by atoms with Gasteiger partial charge in [-0.1, -0.05) is 19.8 Å². The second-order valence-corrected chi connectivity index (χ2v) is 5.49. The maximum Gasteiger partial charge on any atom is 0.126 e. The van der Waals surface area contributed by atoms with Crippen molar-refractivity contribution in [3.8, 4) is 0 Å². The zero-order chi connectivity index (χ0) is 13.1. The van der Waals surface area contributed by atoms with Crippen LogP contribution < -0.4 is 5.32 Å². The third kappa shape index (κ3) is 3.08. The van der Waals surface area contributed by atoms with E-state index in [1.165, 1.54) is 25.0 Å². The fourth-order valence-corrected chi connectivity index (χ4v) is 3.05. The average Bonchev–Trinajstić information content (AvgIpc) is 2.31. The van der Waals surface area contributed by atoms with Gasteiger partial charge in [0.25, 0.3) is 0 Å². The minimum Gasteiger partial charge on any atom is -0.313 e. The Morgan fingerprint density at radius 3 is 2.11 bits per heavy atom. The van der Waals surface area contributed by atoms with Gasteiger partial charge in [-0.15, -0.1) is 0 Å². The van der Waals surface area contributed by atoms with Gasteiger partial charge in [0.1, 0.15) is 11.6 Å². The Hall–Kier alpha value is -0.960. The zero-order valence-corrected chi connectivity index (χ0v) is 11.0. The van der Waals surface area contributed by atoms with Gasteiger partial charge in [0.15, 0.2) is 0 Å². The summed E-state index contributed by atoms with van der Waals surface area (Å²) < 4.78 is 26.6. The normalized spacial score (nSPS) is 26.0. The quantitative estimate of drug-likeness (QED) is 0.857. The highest BCUT2D eigenvalue weighted by Gasteiger charge is 2.26. The summed E-state index contributed by atoms with van der Waals surface area (Å²) in [6, 6.07) is 3.88. The molecule has 1 saturated carbocycles. The fourth-order valence-electron chi connectivity index (χ4n) is 3.05. The van der Waals surface area contributed by atoms with Gasteiger partial charge < -0.3 is 5.32 Å². The Bertz CT molecular complexity index is 377. The average molecular weight is 253 g/mol. The van der Waals surface area contributed by atoms with Crippen LogP contribution in [0.15, 0.2) is 18.2 Å². The summed E-state index contributed by atoms with van der Waals surface area (Å²) in [5.41, 5.74) is 0.731. The van der Waals surface area contributed by atoms with E-state index in [9.17, 15) is 8.78 Å². The van der Waals surface area contributed by atoms with Gasteiger partial charge in [0.2, 0.25) is 0 Å². The molecule has 1 atom stereocenters. The van der Waals surface area contributed by atoms with Crippen molar-refractivity contribution in [2.45, 2.75) is 38.6 Å². The number of nitrogens with one attached hydrogen (secondary N) is 1. The summed E-state index contributed by atoms with van der Waals surface area (Å²) in [7, 11) is 1.87. The van der Waals surface area contributed by atoms with Crippen LogP contribution in [0.5, 0.6) is 0 Å². The van der Waals surface area contributed by atoms with E-state index < -0.39 is 11.6 Å². The molecule has 3 heteroatoms. The van der Waals surface area contributed by atoms with Crippen LogP contribution in [-0.2, 0) is 0 Å². The second kappa shape index (κ2) is 5.79. The summed E-state index contributed by atoms with van der Waals surface area (Å²) in [5.74, 6) is 0.277. The van der Waals surface area contributed by atoms with Gasteiger partial charge in [-0.3, -0.25) is 0 Å². The summed E-state index contributed by atoms with van der Waals surface area (Å²) in [4.78, 5) is 0. The molecule has 1 nitrogen and oxygen atoms in total. The molecule has 1 fully saturated rings. The highest BCUT2D eigenvalue weighted by Crippen LogP contribution is 2.36. The zero-order valence-electron chi connectivity index (χ0n) is 11.0. The molecule has 0 radical (unpaired) electrons. The van der Waals surface area contributed by atoms with Gasteiger partial charge in [0.05, 0.1) is 0 Å². The molecule has 1 aromatic rings. The summed E-state index contributed by atoms with van der Waals surface area (Å²) >= 11 is 0. The molecule has 2 rings (SSSR count). The lowest BCUT2D eigenvalue weighted by Gasteiger charge is -2.33. The Balaban J connectivity index is 2.17. The highest BCUT2D eigenvalue weighted by molar-refractivity contribution is 5.22. The summed E-state index contributed by atoms with van der Waals surface area (Å²) in [6.45, 7) is 2.27. The Labute approximate surface area is 108 Å².